The van der Waals surface area contributed by atoms with Gasteiger partial charge in [0.05, 0.1) is 11.3 Å². The molecule has 1 aliphatic carbocycles. The molecule has 0 radical (unpaired) electrons. The third-order valence-electron chi connectivity index (χ3n) is 5.68. The molecule has 0 aromatic heterocycles. The lowest BCUT2D eigenvalue weighted by Gasteiger charge is -2.31. The molecule has 2 amide bonds. The molecule has 0 unspecified atom stereocenters. The maximum Gasteiger partial charge on any atom is 0.255 e. The summed E-state index contributed by atoms with van der Waals surface area (Å²) in [7, 11) is 0. The molecular weight excluding hydrogens is 358 g/mol. The number of hydrogen-bond acceptors (Lipinski definition) is 3. The van der Waals surface area contributed by atoms with Gasteiger partial charge in [-0.25, -0.2) is 0 Å². The van der Waals surface area contributed by atoms with E-state index in [9.17, 15) is 9.59 Å². The Hall–Kier alpha value is -1.95. The first kappa shape index (κ1) is 19.8. The van der Waals surface area contributed by atoms with Crippen LogP contribution < -0.4 is 10.6 Å². The van der Waals surface area contributed by atoms with Gasteiger partial charge in [0.1, 0.15) is 0 Å². The molecule has 1 aromatic carbocycles. The summed E-state index contributed by atoms with van der Waals surface area (Å²) in [5, 5.41) is 6.07. The van der Waals surface area contributed by atoms with Crippen molar-refractivity contribution >= 4 is 34.8 Å². The number of carbonyl (C=O) groups excluding carboxylic acids is 2. The second kappa shape index (κ2) is 9.31. The van der Waals surface area contributed by atoms with Crippen molar-refractivity contribution in [2.24, 2.45) is 11.8 Å². The molecule has 2 fully saturated rings. The molecule has 1 heterocycles. The van der Waals surface area contributed by atoms with E-state index in [0.29, 0.717) is 29.5 Å². The first-order chi connectivity index (χ1) is 13.0. The third-order valence-corrected chi connectivity index (χ3v) is 5.88. The van der Waals surface area contributed by atoms with Gasteiger partial charge in [-0.05, 0) is 61.9 Å². The molecule has 0 spiro atoms. The Morgan fingerprint density at radius 1 is 1.11 bits per heavy atom. The number of hydrogen-bond donors (Lipinski definition) is 2. The SMILES string of the molecule is CC1CCN(C(=O)c2ccccc2NC(=S)NC(=O)CC2CCCC2)CC1. The van der Waals surface area contributed by atoms with Gasteiger partial charge in [-0.1, -0.05) is 31.9 Å². The summed E-state index contributed by atoms with van der Waals surface area (Å²) in [6.07, 6.45) is 7.28. The number of rotatable bonds is 4. The number of piperidine rings is 1. The van der Waals surface area contributed by atoms with Crippen LogP contribution in [0.3, 0.4) is 0 Å². The summed E-state index contributed by atoms with van der Waals surface area (Å²) < 4.78 is 0. The molecule has 2 N–H and O–H groups in total. The molecule has 6 heteroatoms. The van der Waals surface area contributed by atoms with Crippen molar-refractivity contribution in [1.29, 1.82) is 0 Å². The van der Waals surface area contributed by atoms with Crippen molar-refractivity contribution in [2.75, 3.05) is 18.4 Å². The fourth-order valence-corrected chi connectivity index (χ4v) is 4.19. The van der Waals surface area contributed by atoms with E-state index in [1.165, 1.54) is 12.8 Å². The zero-order valence-electron chi connectivity index (χ0n) is 16.0. The van der Waals surface area contributed by atoms with E-state index in [1.807, 2.05) is 29.2 Å². The van der Waals surface area contributed by atoms with Crippen LogP contribution in [0.5, 0.6) is 0 Å². The van der Waals surface area contributed by atoms with Crippen LogP contribution in [-0.4, -0.2) is 34.9 Å². The predicted molar refractivity (Wildman–Crippen MR) is 112 cm³/mol. The largest absolute Gasteiger partial charge is 0.339 e. The third kappa shape index (κ3) is 5.51. The average Bonchev–Trinajstić information content (AvgIpc) is 3.15. The van der Waals surface area contributed by atoms with Crippen LogP contribution in [-0.2, 0) is 4.79 Å². The summed E-state index contributed by atoms with van der Waals surface area (Å²) in [6, 6.07) is 7.36. The number of nitrogens with zero attached hydrogens (tertiary/aromatic N) is 1. The average molecular weight is 388 g/mol. The molecule has 1 saturated heterocycles. The van der Waals surface area contributed by atoms with E-state index in [0.717, 1.165) is 38.8 Å². The van der Waals surface area contributed by atoms with Crippen molar-refractivity contribution in [3.8, 4) is 0 Å². The molecular formula is C21H29N3O2S. The zero-order chi connectivity index (χ0) is 19.2. The van der Waals surface area contributed by atoms with Gasteiger partial charge >= 0.3 is 0 Å². The van der Waals surface area contributed by atoms with E-state index in [2.05, 4.69) is 17.6 Å². The van der Waals surface area contributed by atoms with E-state index in [-0.39, 0.29) is 16.9 Å². The van der Waals surface area contributed by atoms with Crippen LogP contribution >= 0.6 is 12.2 Å². The molecule has 1 aromatic rings. The summed E-state index contributed by atoms with van der Waals surface area (Å²) in [5.41, 5.74) is 1.24. The number of anilines is 1. The normalized spacial score (nSPS) is 18.3. The van der Waals surface area contributed by atoms with Gasteiger partial charge in [-0.15, -0.1) is 0 Å². The minimum Gasteiger partial charge on any atom is -0.339 e. The number of benzene rings is 1. The maximum absolute atomic E-state index is 12.9. The summed E-state index contributed by atoms with van der Waals surface area (Å²) >= 11 is 5.30. The highest BCUT2D eigenvalue weighted by Gasteiger charge is 2.24. The van der Waals surface area contributed by atoms with Crippen LogP contribution in [0.4, 0.5) is 5.69 Å². The Morgan fingerprint density at radius 3 is 2.48 bits per heavy atom. The second-order valence-electron chi connectivity index (χ2n) is 7.88. The lowest BCUT2D eigenvalue weighted by Crippen LogP contribution is -2.39. The van der Waals surface area contributed by atoms with E-state index < -0.39 is 0 Å². The Morgan fingerprint density at radius 2 is 1.78 bits per heavy atom. The number of nitrogens with one attached hydrogen (secondary N) is 2. The van der Waals surface area contributed by atoms with E-state index >= 15 is 0 Å². The Balaban J connectivity index is 1.58. The van der Waals surface area contributed by atoms with E-state index in [1.54, 1.807) is 0 Å². The van der Waals surface area contributed by atoms with Gasteiger partial charge in [0, 0.05) is 19.5 Å². The molecule has 1 aliphatic heterocycles. The Labute approximate surface area is 166 Å². The predicted octanol–water partition coefficient (Wildman–Crippen LogP) is 3.95. The van der Waals surface area contributed by atoms with Crippen LogP contribution in [0.25, 0.3) is 0 Å². The zero-order valence-corrected chi connectivity index (χ0v) is 16.8. The monoisotopic (exact) mass is 387 g/mol. The lowest BCUT2D eigenvalue weighted by molar-refractivity contribution is -0.120. The Bertz CT molecular complexity index is 692. The summed E-state index contributed by atoms with van der Waals surface area (Å²) in [4.78, 5) is 27.0. The minimum absolute atomic E-state index is 0.0186. The van der Waals surface area contributed by atoms with Crippen LogP contribution in [0.2, 0.25) is 0 Å². The van der Waals surface area contributed by atoms with Crippen molar-refractivity contribution in [2.45, 2.75) is 51.9 Å². The van der Waals surface area contributed by atoms with Gasteiger partial charge in [0.15, 0.2) is 5.11 Å². The maximum atomic E-state index is 12.9. The number of carbonyl (C=O) groups is 2. The van der Waals surface area contributed by atoms with Crippen LogP contribution in [0, 0.1) is 11.8 Å². The number of thiocarbonyl (C=S) groups is 1. The van der Waals surface area contributed by atoms with Crippen molar-refractivity contribution in [1.82, 2.24) is 10.2 Å². The second-order valence-corrected chi connectivity index (χ2v) is 8.29. The molecule has 0 atom stereocenters. The molecule has 2 aliphatic rings. The molecule has 27 heavy (non-hydrogen) atoms. The quantitative estimate of drug-likeness (QED) is 0.768. The van der Waals surface area contributed by atoms with Gasteiger partial charge < -0.3 is 15.5 Å². The fraction of sp³-hybridized carbons (Fsp3) is 0.571. The standard InChI is InChI=1S/C21H29N3O2S/c1-15-10-12-24(13-11-15)20(26)17-8-4-5-9-18(17)22-21(27)23-19(25)14-16-6-2-3-7-16/h4-5,8-9,15-16H,2-3,6-7,10-14H2,1H3,(H2,22,23,25,27). The van der Waals surface area contributed by atoms with Gasteiger partial charge in [0.2, 0.25) is 5.91 Å². The number of para-hydroxylation sites is 1. The van der Waals surface area contributed by atoms with Gasteiger partial charge in [-0.2, -0.15) is 0 Å². The topological polar surface area (TPSA) is 61.4 Å². The molecule has 3 rings (SSSR count). The van der Waals surface area contributed by atoms with E-state index in [4.69, 9.17) is 12.2 Å². The van der Waals surface area contributed by atoms with Crippen LogP contribution in [0.1, 0.15) is 62.2 Å². The highest BCUT2D eigenvalue weighted by Crippen LogP contribution is 2.27. The fourth-order valence-electron chi connectivity index (χ4n) is 3.97. The Kier molecular flexibility index (Phi) is 6.83. The van der Waals surface area contributed by atoms with Crippen molar-refractivity contribution in [3.63, 3.8) is 0 Å². The number of amides is 2. The van der Waals surface area contributed by atoms with Gasteiger partial charge in [0.25, 0.3) is 5.91 Å². The minimum atomic E-state index is -0.0479. The first-order valence-corrected chi connectivity index (χ1v) is 10.4. The van der Waals surface area contributed by atoms with Crippen molar-refractivity contribution in [3.05, 3.63) is 29.8 Å². The molecule has 0 bridgehead atoms. The summed E-state index contributed by atoms with van der Waals surface area (Å²) in [5.74, 6) is 1.12. The number of likely N-dealkylation sites (tertiary alicyclic amines) is 1. The van der Waals surface area contributed by atoms with Crippen molar-refractivity contribution < 1.29 is 9.59 Å². The highest BCUT2D eigenvalue weighted by molar-refractivity contribution is 7.80. The molecule has 5 nitrogen and oxygen atoms in total. The van der Waals surface area contributed by atoms with Crippen LogP contribution in [0.15, 0.2) is 24.3 Å². The highest BCUT2D eigenvalue weighted by atomic mass is 32.1. The lowest BCUT2D eigenvalue weighted by atomic mass is 9.98. The van der Waals surface area contributed by atoms with Gasteiger partial charge in [-0.3, -0.25) is 9.59 Å². The summed E-state index contributed by atoms with van der Waals surface area (Å²) in [6.45, 7) is 3.80. The molecule has 1 saturated carbocycles. The smallest absolute Gasteiger partial charge is 0.255 e. The molecule has 146 valence electrons. The first-order valence-electron chi connectivity index (χ1n) is 10.0.